The highest BCUT2D eigenvalue weighted by Crippen LogP contribution is 2.34. The molecular formula is C24H23N5. The van der Waals surface area contributed by atoms with Gasteiger partial charge in [0.05, 0.1) is 11.1 Å². The van der Waals surface area contributed by atoms with Crippen molar-refractivity contribution in [3.05, 3.63) is 65.7 Å². The summed E-state index contributed by atoms with van der Waals surface area (Å²) >= 11 is 0. The fourth-order valence-corrected chi connectivity index (χ4v) is 4.04. The summed E-state index contributed by atoms with van der Waals surface area (Å²) in [7, 11) is 0. The lowest BCUT2D eigenvalue weighted by atomic mass is 9.96. The molecule has 0 N–H and O–H groups in total. The summed E-state index contributed by atoms with van der Waals surface area (Å²) in [6.07, 6.45) is 3.71. The summed E-state index contributed by atoms with van der Waals surface area (Å²) < 4.78 is 2.16. The van der Waals surface area contributed by atoms with Crippen molar-refractivity contribution in [2.24, 2.45) is 0 Å². The molecule has 3 aromatic heterocycles. The highest BCUT2D eigenvalue weighted by atomic mass is 15.3. The number of aromatic nitrogens is 5. The average molecular weight is 381 g/mol. The lowest BCUT2D eigenvalue weighted by molar-refractivity contribution is 0.545. The van der Waals surface area contributed by atoms with E-state index in [1.54, 1.807) is 0 Å². The zero-order chi connectivity index (χ0) is 20.3. The predicted molar refractivity (Wildman–Crippen MR) is 117 cm³/mol. The summed E-state index contributed by atoms with van der Waals surface area (Å²) in [6.45, 7) is 10.6. The predicted octanol–water partition coefficient (Wildman–Crippen LogP) is 5.41. The normalized spacial score (nSPS) is 12.3. The standard InChI is InChI=1S/C24H23N5/c1-14-8-6-10-17-18-11-7-9-15(2)20(18)29-21(27-28-22(29)19(14)17)16-12-25-23(26-13-16)24(3,4)5/h6-13H,1-5H3. The van der Waals surface area contributed by atoms with E-state index < -0.39 is 0 Å². The van der Waals surface area contributed by atoms with Gasteiger partial charge in [-0.25, -0.2) is 9.97 Å². The van der Waals surface area contributed by atoms with Crippen LogP contribution in [0.15, 0.2) is 48.8 Å². The van der Waals surface area contributed by atoms with Crippen molar-refractivity contribution in [2.75, 3.05) is 0 Å². The Hall–Kier alpha value is -3.34. The quantitative estimate of drug-likeness (QED) is 0.364. The van der Waals surface area contributed by atoms with Gasteiger partial charge in [0.2, 0.25) is 0 Å². The van der Waals surface area contributed by atoms with Crippen LogP contribution < -0.4 is 0 Å². The Morgan fingerprint density at radius 2 is 1.45 bits per heavy atom. The minimum absolute atomic E-state index is 0.0952. The molecular weight excluding hydrogens is 358 g/mol. The highest BCUT2D eigenvalue weighted by molar-refractivity contribution is 6.13. The van der Waals surface area contributed by atoms with Crippen molar-refractivity contribution in [2.45, 2.75) is 40.0 Å². The molecule has 144 valence electrons. The first-order valence-electron chi connectivity index (χ1n) is 9.85. The van der Waals surface area contributed by atoms with Crippen LogP contribution in [0.5, 0.6) is 0 Å². The lowest BCUT2D eigenvalue weighted by Gasteiger charge is -2.16. The third-order valence-corrected chi connectivity index (χ3v) is 5.49. The molecule has 0 aliphatic heterocycles. The zero-order valence-electron chi connectivity index (χ0n) is 17.4. The van der Waals surface area contributed by atoms with Gasteiger partial charge in [0.25, 0.3) is 0 Å². The van der Waals surface area contributed by atoms with E-state index in [2.05, 4.69) is 95.6 Å². The summed E-state index contributed by atoms with van der Waals surface area (Å²) in [5, 5.41) is 12.7. The third-order valence-electron chi connectivity index (χ3n) is 5.49. The van der Waals surface area contributed by atoms with Crippen molar-refractivity contribution in [3.63, 3.8) is 0 Å². The molecule has 0 unspecified atom stereocenters. The molecule has 0 bridgehead atoms. The maximum absolute atomic E-state index is 4.60. The molecule has 5 nitrogen and oxygen atoms in total. The first-order chi connectivity index (χ1) is 13.9. The first-order valence-corrected chi connectivity index (χ1v) is 9.85. The molecule has 0 fully saturated rings. The lowest BCUT2D eigenvalue weighted by Crippen LogP contribution is -2.15. The average Bonchev–Trinajstić information content (AvgIpc) is 3.12. The van der Waals surface area contributed by atoms with Crippen LogP contribution in [0.4, 0.5) is 0 Å². The van der Waals surface area contributed by atoms with Crippen LogP contribution in [-0.2, 0) is 5.41 Å². The van der Waals surface area contributed by atoms with Gasteiger partial charge in [-0.15, -0.1) is 10.2 Å². The Labute approximate surface area is 169 Å². The largest absolute Gasteiger partial charge is 0.274 e. The molecule has 0 spiro atoms. The third kappa shape index (κ3) is 2.61. The Kier molecular flexibility index (Phi) is 3.72. The molecule has 5 aromatic rings. The molecule has 0 amide bonds. The number of hydrogen-bond donors (Lipinski definition) is 0. The molecule has 0 atom stereocenters. The van der Waals surface area contributed by atoms with E-state index in [9.17, 15) is 0 Å². The summed E-state index contributed by atoms with van der Waals surface area (Å²) in [5.74, 6) is 1.59. The van der Waals surface area contributed by atoms with Crippen LogP contribution in [-0.4, -0.2) is 24.6 Å². The zero-order valence-corrected chi connectivity index (χ0v) is 17.4. The molecule has 5 rings (SSSR count). The monoisotopic (exact) mass is 381 g/mol. The van der Waals surface area contributed by atoms with Crippen LogP contribution in [0.3, 0.4) is 0 Å². The number of fused-ring (bicyclic) bond motifs is 6. The van der Waals surface area contributed by atoms with E-state index in [1.165, 1.54) is 21.9 Å². The Morgan fingerprint density at radius 1 is 0.793 bits per heavy atom. The van der Waals surface area contributed by atoms with E-state index in [1.807, 2.05) is 12.4 Å². The van der Waals surface area contributed by atoms with E-state index >= 15 is 0 Å². The smallest absolute Gasteiger partial charge is 0.172 e. The van der Waals surface area contributed by atoms with Crippen molar-refractivity contribution in [3.8, 4) is 11.4 Å². The number of pyridine rings is 1. The Bertz CT molecular complexity index is 1390. The number of benzene rings is 2. The fraction of sp³-hybridized carbons (Fsp3) is 0.250. The molecule has 0 aliphatic rings. The van der Waals surface area contributed by atoms with Gasteiger partial charge in [0.1, 0.15) is 5.82 Å². The summed E-state index contributed by atoms with van der Waals surface area (Å²) in [5.41, 5.74) is 5.14. The number of aryl methyl sites for hydroxylation is 2. The van der Waals surface area contributed by atoms with Gasteiger partial charge >= 0.3 is 0 Å². The van der Waals surface area contributed by atoms with Crippen LogP contribution in [0, 0.1) is 13.8 Å². The Morgan fingerprint density at radius 3 is 2.14 bits per heavy atom. The van der Waals surface area contributed by atoms with E-state index in [0.717, 1.165) is 33.8 Å². The maximum Gasteiger partial charge on any atom is 0.172 e. The minimum Gasteiger partial charge on any atom is -0.274 e. The van der Waals surface area contributed by atoms with E-state index in [0.29, 0.717) is 0 Å². The maximum atomic E-state index is 4.60. The molecule has 5 heteroatoms. The molecule has 3 heterocycles. The van der Waals surface area contributed by atoms with Gasteiger partial charge < -0.3 is 0 Å². The minimum atomic E-state index is -0.0952. The van der Waals surface area contributed by atoms with Gasteiger partial charge in [0, 0.05) is 28.6 Å². The van der Waals surface area contributed by atoms with Crippen LogP contribution in [0.25, 0.3) is 38.7 Å². The van der Waals surface area contributed by atoms with Crippen molar-refractivity contribution < 1.29 is 0 Å². The number of hydrogen-bond acceptors (Lipinski definition) is 4. The van der Waals surface area contributed by atoms with Gasteiger partial charge in [-0.1, -0.05) is 57.2 Å². The van der Waals surface area contributed by atoms with Gasteiger partial charge in [-0.05, 0) is 30.4 Å². The summed E-state index contributed by atoms with van der Waals surface area (Å²) in [4.78, 5) is 9.21. The van der Waals surface area contributed by atoms with Crippen molar-refractivity contribution in [1.82, 2.24) is 24.6 Å². The fourth-order valence-electron chi connectivity index (χ4n) is 4.04. The SMILES string of the molecule is Cc1cccc2c3cccc(C)c3n3c(-c4cnc(C(C)(C)C)nc4)nnc3c12. The van der Waals surface area contributed by atoms with E-state index in [-0.39, 0.29) is 5.41 Å². The molecule has 2 aromatic carbocycles. The molecule has 0 saturated carbocycles. The molecule has 0 aliphatic carbocycles. The second-order valence-electron chi connectivity index (χ2n) is 8.70. The topological polar surface area (TPSA) is 56.0 Å². The first kappa shape index (κ1) is 17.7. The Balaban J connectivity index is 1.91. The number of para-hydroxylation sites is 1. The van der Waals surface area contributed by atoms with Gasteiger partial charge in [-0.2, -0.15) is 0 Å². The second kappa shape index (κ2) is 6.08. The van der Waals surface area contributed by atoms with Crippen LogP contribution in [0.1, 0.15) is 37.7 Å². The van der Waals surface area contributed by atoms with Crippen molar-refractivity contribution in [1.29, 1.82) is 0 Å². The van der Waals surface area contributed by atoms with E-state index in [4.69, 9.17) is 0 Å². The number of rotatable bonds is 1. The molecule has 0 saturated heterocycles. The number of nitrogens with zero attached hydrogens (tertiary/aromatic N) is 5. The highest BCUT2D eigenvalue weighted by Gasteiger charge is 2.20. The van der Waals surface area contributed by atoms with Gasteiger partial charge in [0.15, 0.2) is 11.5 Å². The summed E-state index contributed by atoms with van der Waals surface area (Å²) in [6, 6.07) is 12.8. The van der Waals surface area contributed by atoms with Crippen molar-refractivity contribution >= 4 is 27.3 Å². The molecule has 29 heavy (non-hydrogen) atoms. The van der Waals surface area contributed by atoms with Crippen LogP contribution in [0.2, 0.25) is 0 Å². The molecule has 0 radical (unpaired) electrons. The van der Waals surface area contributed by atoms with Gasteiger partial charge in [-0.3, -0.25) is 4.40 Å². The van der Waals surface area contributed by atoms with Crippen LogP contribution >= 0.6 is 0 Å². The second-order valence-corrected chi connectivity index (χ2v) is 8.70.